The highest BCUT2D eigenvalue weighted by molar-refractivity contribution is 9.10. The summed E-state index contributed by atoms with van der Waals surface area (Å²) in [4.78, 5) is 15.0. The third-order valence-electron chi connectivity index (χ3n) is 5.35. The second-order valence-electron chi connectivity index (χ2n) is 7.61. The van der Waals surface area contributed by atoms with Crippen LogP contribution in [0.1, 0.15) is 37.3 Å². The number of piperidine rings is 1. The molecule has 1 N–H and O–H groups in total. The van der Waals surface area contributed by atoms with Gasteiger partial charge in [-0.15, -0.1) is 0 Å². The van der Waals surface area contributed by atoms with Crippen LogP contribution in [0.2, 0.25) is 0 Å². The van der Waals surface area contributed by atoms with Crippen LogP contribution in [-0.4, -0.2) is 29.9 Å². The molecule has 2 aromatic rings. The number of hydrogen-bond acceptors (Lipinski definition) is 2. The summed E-state index contributed by atoms with van der Waals surface area (Å²) in [7, 11) is 0. The lowest BCUT2D eigenvalue weighted by Gasteiger charge is -2.32. The van der Waals surface area contributed by atoms with E-state index >= 15 is 0 Å². The van der Waals surface area contributed by atoms with Gasteiger partial charge in [-0.2, -0.15) is 0 Å². The number of aryl methyl sites for hydroxylation is 1. The number of amides is 1. The van der Waals surface area contributed by atoms with E-state index in [1.807, 2.05) is 6.07 Å². The second-order valence-corrected chi connectivity index (χ2v) is 8.53. The summed E-state index contributed by atoms with van der Waals surface area (Å²) in [5.74, 6) is 0.389. The molecule has 0 spiro atoms. The zero-order valence-electron chi connectivity index (χ0n) is 16.0. The number of carbonyl (C=O) groups is 1. The van der Waals surface area contributed by atoms with Gasteiger partial charge in [0.1, 0.15) is 0 Å². The van der Waals surface area contributed by atoms with Crippen molar-refractivity contribution in [3.63, 3.8) is 0 Å². The first-order valence-corrected chi connectivity index (χ1v) is 10.7. The second kappa shape index (κ2) is 10.0. The third-order valence-corrected chi connectivity index (χ3v) is 5.84. The van der Waals surface area contributed by atoms with E-state index in [4.69, 9.17) is 0 Å². The molecule has 1 heterocycles. The number of benzene rings is 2. The van der Waals surface area contributed by atoms with Crippen molar-refractivity contribution in [3.05, 3.63) is 70.2 Å². The average Bonchev–Trinajstić information content (AvgIpc) is 2.68. The van der Waals surface area contributed by atoms with E-state index in [1.54, 1.807) is 0 Å². The van der Waals surface area contributed by atoms with Gasteiger partial charge < -0.3 is 5.32 Å². The minimum Gasteiger partial charge on any atom is -0.353 e. The summed E-state index contributed by atoms with van der Waals surface area (Å²) in [6.45, 7) is 5.05. The summed E-state index contributed by atoms with van der Waals surface area (Å²) >= 11 is 3.53. The van der Waals surface area contributed by atoms with E-state index in [0.29, 0.717) is 0 Å². The molecule has 1 amide bonds. The number of likely N-dealkylation sites (tertiary alicyclic amines) is 1. The molecule has 1 aliphatic heterocycles. The topological polar surface area (TPSA) is 32.3 Å². The molecule has 1 atom stereocenters. The van der Waals surface area contributed by atoms with Gasteiger partial charge in [0.2, 0.25) is 5.91 Å². The van der Waals surface area contributed by atoms with Crippen LogP contribution in [0.25, 0.3) is 0 Å². The molecule has 0 aliphatic carbocycles. The lowest BCUT2D eigenvalue weighted by atomic mass is 9.95. The van der Waals surface area contributed by atoms with Gasteiger partial charge in [0.15, 0.2) is 0 Å². The number of nitrogens with zero attached hydrogens (tertiary/aromatic N) is 1. The monoisotopic (exact) mass is 428 g/mol. The molecular weight excluding hydrogens is 400 g/mol. The van der Waals surface area contributed by atoms with Crippen LogP contribution in [0.3, 0.4) is 0 Å². The van der Waals surface area contributed by atoms with Crippen molar-refractivity contribution < 1.29 is 4.79 Å². The van der Waals surface area contributed by atoms with Gasteiger partial charge in [-0.05, 0) is 69.0 Å². The normalized spacial score (nSPS) is 16.8. The van der Waals surface area contributed by atoms with E-state index in [-0.39, 0.29) is 17.9 Å². The lowest BCUT2D eigenvalue weighted by molar-refractivity contribution is -0.127. The molecule has 2 aromatic carbocycles. The molecule has 0 aromatic heterocycles. The number of nitrogens with one attached hydrogen (secondary N) is 1. The van der Waals surface area contributed by atoms with E-state index < -0.39 is 0 Å². The first-order valence-electron chi connectivity index (χ1n) is 9.91. The van der Waals surface area contributed by atoms with Gasteiger partial charge in [-0.25, -0.2) is 0 Å². The number of carbonyl (C=O) groups excluding carboxylic acids is 1. The molecule has 0 bridgehead atoms. The molecule has 3 rings (SSSR count). The van der Waals surface area contributed by atoms with Crippen LogP contribution < -0.4 is 5.32 Å². The summed E-state index contributed by atoms with van der Waals surface area (Å²) in [6.07, 6.45) is 3.89. The van der Waals surface area contributed by atoms with Gasteiger partial charge in [-0.3, -0.25) is 9.69 Å². The fourth-order valence-electron chi connectivity index (χ4n) is 3.71. The van der Waals surface area contributed by atoms with Gasteiger partial charge in [0, 0.05) is 23.0 Å². The summed E-state index contributed by atoms with van der Waals surface area (Å²) < 4.78 is 1.12. The molecule has 27 heavy (non-hydrogen) atoms. The van der Waals surface area contributed by atoms with Crippen LogP contribution in [0, 0.1) is 5.92 Å². The molecule has 0 radical (unpaired) electrons. The molecule has 1 saturated heterocycles. The van der Waals surface area contributed by atoms with E-state index in [1.165, 1.54) is 11.1 Å². The fraction of sp³-hybridized carbons (Fsp3) is 0.435. The zero-order chi connectivity index (χ0) is 19.1. The maximum absolute atomic E-state index is 12.6. The number of rotatable bonds is 7. The highest BCUT2D eigenvalue weighted by atomic mass is 79.9. The van der Waals surface area contributed by atoms with Crippen LogP contribution in [-0.2, 0) is 17.8 Å². The molecule has 4 heteroatoms. The smallest absolute Gasteiger partial charge is 0.223 e. The molecule has 1 aliphatic rings. The molecule has 1 unspecified atom stereocenters. The fourth-order valence-corrected chi connectivity index (χ4v) is 4.15. The van der Waals surface area contributed by atoms with Crippen LogP contribution in [0.5, 0.6) is 0 Å². The average molecular weight is 429 g/mol. The first-order chi connectivity index (χ1) is 13.1. The van der Waals surface area contributed by atoms with Gasteiger partial charge >= 0.3 is 0 Å². The Balaban J connectivity index is 1.39. The summed E-state index contributed by atoms with van der Waals surface area (Å²) in [5, 5.41) is 3.23. The predicted octanol–water partition coefficient (Wildman–Crippen LogP) is 4.80. The van der Waals surface area contributed by atoms with Crippen molar-refractivity contribution in [1.29, 1.82) is 0 Å². The highest BCUT2D eigenvalue weighted by Crippen LogP contribution is 2.21. The predicted molar refractivity (Wildman–Crippen MR) is 115 cm³/mol. The van der Waals surface area contributed by atoms with Crippen molar-refractivity contribution >= 4 is 21.8 Å². The third kappa shape index (κ3) is 6.47. The molecule has 0 saturated carbocycles. The van der Waals surface area contributed by atoms with Crippen molar-refractivity contribution in [3.8, 4) is 0 Å². The van der Waals surface area contributed by atoms with E-state index in [9.17, 15) is 4.79 Å². The Labute approximate surface area is 171 Å². The molecular formula is C23H29BrN2O. The quantitative estimate of drug-likeness (QED) is 0.686. The maximum atomic E-state index is 12.6. The van der Waals surface area contributed by atoms with Gasteiger partial charge in [0.05, 0.1) is 0 Å². The van der Waals surface area contributed by atoms with Gasteiger partial charge in [-0.1, -0.05) is 58.4 Å². The van der Waals surface area contributed by atoms with Gasteiger partial charge in [0.25, 0.3) is 0 Å². The van der Waals surface area contributed by atoms with Crippen LogP contribution in [0.15, 0.2) is 59.1 Å². The van der Waals surface area contributed by atoms with E-state index in [2.05, 4.69) is 81.6 Å². The summed E-state index contributed by atoms with van der Waals surface area (Å²) in [6, 6.07) is 19.2. The van der Waals surface area contributed by atoms with Crippen LogP contribution in [0.4, 0.5) is 0 Å². The minimum atomic E-state index is 0.155. The van der Waals surface area contributed by atoms with Crippen LogP contribution >= 0.6 is 15.9 Å². The van der Waals surface area contributed by atoms with Crippen molar-refractivity contribution in [2.75, 3.05) is 13.1 Å². The minimum absolute atomic E-state index is 0.155. The number of hydrogen-bond donors (Lipinski definition) is 1. The Morgan fingerprint density at radius 1 is 1.11 bits per heavy atom. The molecule has 1 fully saturated rings. The maximum Gasteiger partial charge on any atom is 0.223 e. The highest BCUT2D eigenvalue weighted by Gasteiger charge is 2.25. The number of halogens is 1. The Kier molecular flexibility index (Phi) is 7.48. The SMILES string of the molecule is CC(CCc1ccccc1)NC(=O)C1CCN(Cc2cccc(Br)c2)CC1. The Morgan fingerprint density at radius 2 is 1.81 bits per heavy atom. The molecule has 3 nitrogen and oxygen atoms in total. The van der Waals surface area contributed by atoms with Crippen molar-refractivity contribution in [1.82, 2.24) is 10.2 Å². The summed E-state index contributed by atoms with van der Waals surface area (Å²) in [5.41, 5.74) is 2.65. The lowest BCUT2D eigenvalue weighted by Crippen LogP contribution is -2.43. The van der Waals surface area contributed by atoms with Crippen molar-refractivity contribution in [2.45, 2.75) is 45.2 Å². The zero-order valence-corrected chi connectivity index (χ0v) is 17.6. The Morgan fingerprint density at radius 3 is 2.52 bits per heavy atom. The first kappa shape index (κ1) is 20.1. The Bertz CT molecular complexity index is 726. The molecule has 144 valence electrons. The Hall–Kier alpha value is -1.65. The largest absolute Gasteiger partial charge is 0.353 e. The van der Waals surface area contributed by atoms with Crippen molar-refractivity contribution in [2.24, 2.45) is 5.92 Å². The van der Waals surface area contributed by atoms with E-state index in [0.717, 1.165) is 49.8 Å². The standard InChI is InChI=1S/C23H29BrN2O/c1-18(10-11-19-6-3-2-4-7-19)25-23(27)21-12-14-26(15-13-21)17-20-8-5-9-22(24)16-20/h2-9,16,18,21H,10-15,17H2,1H3,(H,25,27).